The topological polar surface area (TPSA) is 38.5 Å². The van der Waals surface area contributed by atoms with Gasteiger partial charge in [0.1, 0.15) is 0 Å². The van der Waals surface area contributed by atoms with Crippen LogP contribution in [-0.4, -0.2) is 37.7 Å². The molecule has 0 radical (unpaired) electrons. The number of rotatable bonds is 3. The van der Waals surface area contributed by atoms with Crippen LogP contribution < -0.4 is 5.73 Å². The second kappa shape index (κ2) is 8.37. The summed E-state index contributed by atoms with van der Waals surface area (Å²) in [6.45, 7) is 10.5. The van der Waals surface area contributed by atoms with Crippen molar-refractivity contribution in [2.45, 2.75) is 26.2 Å². The number of nitrogens with two attached hydrogens (primary N) is 1. The van der Waals surface area contributed by atoms with Crippen LogP contribution in [-0.2, 0) is 17.6 Å². The zero-order chi connectivity index (χ0) is 15.1. The molecule has 0 saturated carbocycles. The van der Waals surface area contributed by atoms with Gasteiger partial charge in [-0.3, -0.25) is 4.90 Å². The zero-order valence-corrected chi connectivity index (χ0v) is 13.8. The van der Waals surface area contributed by atoms with Gasteiger partial charge in [0.25, 0.3) is 0 Å². The maximum absolute atomic E-state index is 5.80. The molecule has 3 nitrogen and oxygen atoms in total. The van der Waals surface area contributed by atoms with Crippen LogP contribution in [0.25, 0.3) is 0 Å². The summed E-state index contributed by atoms with van der Waals surface area (Å²) in [4.78, 5) is 5.36. The van der Waals surface area contributed by atoms with Gasteiger partial charge in [0.15, 0.2) is 0 Å². The molecule has 1 aromatic heterocycles. The van der Waals surface area contributed by atoms with E-state index in [0.29, 0.717) is 0 Å². The number of thiophene rings is 1. The fraction of sp³-hybridized carbons (Fsp3) is 0.529. The number of hydrogen-bond acceptors (Lipinski definition) is 4. The average molecular weight is 306 g/mol. The summed E-state index contributed by atoms with van der Waals surface area (Å²) in [6, 6.07) is 2.33. The summed E-state index contributed by atoms with van der Waals surface area (Å²) < 4.78 is 5.80. The van der Waals surface area contributed by atoms with E-state index in [2.05, 4.69) is 24.5 Å². The van der Waals surface area contributed by atoms with E-state index in [1.807, 2.05) is 17.4 Å². The van der Waals surface area contributed by atoms with E-state index in [4.69, 9.17) is 10.5 Å². The maximum atomic E-state index is 5.80. The lowest BCUT2D eigenvalue weighted by atomic mass is 10.1. The first-order valence-corrected chi connectivity index (χ1v) is 8.46. The normalized spacial score (nSPS) is 18.8. The molecule has 1 aromatic rings. The van der Waals surface area contributed by atoms with Crippen molar-refractivity contribution >= 4 is 11.3 Å². The van der Waals surface area contributed by atoms with Crippen molar-refractivity contribution in [3.63, 3.8) is 0 Å². The Hall–Kier alpha value is -1.10. The van der Waals surface area contributed by atoms with Crippen LogP contribution in [0.4, 0.5) is 0 Å². The van der Waals surface area contributed by atoms with Crippen molar-refractivity contribution in [1.29, 1.82) is 0 Å². The average Bonchev–Trinajstić information content (AvgIpc) is 2.81. The van der Waals surface area contributed by atoms with E-state index in [9.17, 15) is 0 Å². The molecule has 0 spiro atoms. The van der Waals surface area contributed by atoms with Gasteiger partial charge in [-0.25, -0.2) is 0 Å². The lowest BCUT2D eigenvalue weighted by molar-refractivity contribution is 0.109. The quantitative estimate of drug-likeness (QED) is 0.873. The summed E-state index contributed by atoms with van der Waals surface area (Å²) in [5.74, 6) is 0. The van der Waals surface area contributed by atoms with E-state index in [1.165, 1.54) is 28.2 Å². The van der Waals surface area contributed by atoms with E-state index >= 15 is 0 Å². The third-order valence-electron chi connectivity index (χ3n) is 3.85. The van der Waals surface area contributed by atoms with Crippen LogP contribution in [0.15, 0.2) is 30.5 Å². The molecular formula is C17H26N2OS. The van der Waals surface area contributed by atoms with Gasteiger partial charge in [-0.15, -0.1) is 11.3 Å². The first kappa shape index (κ1) is 16.3. The minimum absolute atomic E-state index is 0.785. The molecule has 1 aliphatic heterocycles. The van der Waals surface area contributed by atoms with Crippen molar-refractivity contribution in [2.75, 3.05) is 32.8 Å². The Kier molecular flexibility index (Phi) is 6.49. The van der Waals surface area contributed by atoms with Crippen LogP contribution >= 0.6 is 11.3 Å². The van der Waals surface area contributed by atoms with E-state index < -0.39 is 0 Å². The number of hydrogen-bond donors (Lipinski definition) is 1. The Morgan fingerprint density at radius 2 is 2.29 bits per heavy atom. The molecule has 2 rings (SSSR count). The van der Waals surface area contributed by atoms with Crippen LogP contribution in [0, 0.1) is 6.92 Å². The fourth-order valence-corrected chi connectivity index (χ4v) is 3.82. The maximum Gasteiger partial charge on any atom is 0.0593 e. The minimum Gasteiger partial charge on any atom is -0.404 e. The Bertz CT molecular complexity index is 493. The lowest BCUT2D eigenvalue weighted by Gasteiger charge is -2.22. The van der Waals surface area contributed by atoms with E-state index in [1.54, 1.807) is 6.20 Å². The van der Waals surface area contributed by atoms with Crippen molar-refractivity contribution < 1.29 is 4.74 Å². The Morgan fingerprint density at radius 1 is 1.43 bits per heavy atom. The molecule has 0 atom stereocenters. The minimum atomic E-state index is 0.785. The van der Waals surface area contributed by atoms with E-state index in [-0.39, 0.29) is 0 Å². The van der Waals surface area contributed by atoms with Gasteiger partial charge in [-0.05, 0) is 56.1 Å². The largest absolute Gasteiger partial charge is 0.404 e. The summed E-state index contributed by atoms with van der Waals surface area (Å²) in [5.41, 5.74) is 8.19. The van der Waals surface area contributed by atoms with Crippen LogP contribution in [0.5, 0.6) is 0 Å². The molecule has 0 saturated heterocycles. The van der Waals surface area contributed by atoms with E-state index in [0.717, 1.165) is 44.8 Å². The smallest absolute Gasteiger partial charge is 0.0593 e. The van der Waals surface area contributed by atoms with Crippen LogP contribution in [0.2, 0.25) is 0 Å². The molecule has 0 unspecified atom stereocenters. The van der Waals surface area contributed by atoms with Crippen LogP contribution in [0.1, 0.15) is 21.7 Å². The molecule has 0 fully saturated rings. The van der Waals surface area contributed by atoms with Gasteiger partial charge >= 0.3 is 0 Å². The Morgan fingerprint density at radius 3 is 3.05 bits per heavy atom. The molecular weight excluding hydrogens is 280 g/mol. The molecule has 0 aromatic carbocycles. The molecule has 1 aliphatic rings. The van der Waals surface area contributed by atoms with Gasteiger partial charge in [-0.1, -0.05) is 12.7 Å². The zero-order valence-electron chi connectivity index (χ0n) is 12.9. The fourth-order valence-electron chi connectivity index (χ4n) is 2.69. The molecule has 0 bridgehead atoms. The molecule has 0 amide bonds. The Balaban J connectivity index is 1.99. The third kappa shape index (κ3) is 4.99. The molecule has 2 N–H and O–H groups in total. The number of ether oxygens (including phenoxy) is 1. The Labute approximate surface area is 132 Å². The van der Waals surface area contributed by atoms with Crippen molar-refractivity contribution in [1.82, 2.24) is 4.90 Å². The predicted octanol–water partition coefficient (Wildman–Crippen LogP) is 2.89. The highest BCUT2D eigenvalue weighted by Gasteiger charge is 2.12. The lowest BCUT2D eigenvalue weighted by Crippen LogP contribution is -2.31. The third-order valence-corrected chi connectivity index (χ3v) is 5.00. The van der Waals surface area contributed by atoms with Crippen molar-refractivity contribution in [3.8, 4) is 0 Å². The number of nitrogens with zero attached hydrogens (tertiary/aromatic N) is 1. The van der Waals surface area contributed by atoms with Gasteiger partial charge < -0.3 is 10.5 Å². The summed E-state index contributed by atoms with van der Waals surface area (Å²) in [7, 11) is 0. The SMILES string of the molecule is C=C/C(=C\N)CN1CCCc2sc(C)cc2CCOCC1. The first-order chi connectivity index (χ1) is 10.2. The second-order valence-corrected chi connectivity index (χ2v) is 6.83. The molecule has 4 heteroatoms. The highest BCUT2D eigenvalue weighted by Crippen LogP contribution is 2.24. The second-order valence-electron chi connectivity index (χ2n) is 5.49. The first-order valence-electron chi connectivity index (χ1n) is 7.64. The molecule has 116 valence electrons. The summed E-state index contributed by atoms with van der Waals surface area (Å²) in [6.07, 6.45) is 6.88. The van der Waals surface area contributed by atoms with Gasteiger partial charge in [-0.2, -0.15) is 0 Å². The van der Waals surface area contributed by atoms with Crippen LogP contribution in [0.3, 0.4) is 0 Å². The van der Waals surface area contributed by atoms with Gasteiger partial charge in [0.2, 0.25) is 0 Å². The predicted molar refractivity (Wildman–Crippen MR) is 90.8 cm³/mol. The number of aryl methyl sites for hydroxylation is 2. The molecule has 21 heavy (non-hydrogen) atoms. The van der Waals surface area contributed by atoms with Gasteiger partial charge in [0, 0.05) is 22.8 Å². The monoisotopic (exact) mass is 306 g/mol. The summed E-state index contributed by atoms with van der Waals surface area (Å²) in [5, 5.41) is 0. The highest BCUT2D eigenvalue weighted by atomic mass is 32.1. The highest BCUT2D eigenvalue weighted by molar-refractivity contribution is 7.12. The van der Waals surface area contributed by atoms with Gasteiger partial charge in [0.05, 0.1) is 13.2 Å². The molecule has 2 heterocycles. The molecule has 0 aliphatic carbocycles. The standard InChI is InChI=1S/C17H26N2OS/c1-3-15(12-18)13-19-7-4-5-17-16(11-14(2)21-17)6-9-20-10-8-19/h3,11-12H,1,4-10,13,18H2,2H3/b15-12+. The number of fused-ring (bicyclic) bond motifs is 1. The van der Waals surface area contributed by atoms with Crippen molar-refractivity contribution in [3.05, 3.63) is 45.8 Å². The van der Waals surface area contributed by atoms with Crippen molar-refractivity contribution in [2.24, 2.45) is 5.73 Å². The summed E-state index contributed by atoms with van der Waals surface area (Å²) >= 11 is 1.94.